The van der Waals surface area contributed by atoms with Gasteiger partial charge in [0, 0.05) is 18.6 Å². The molecular weight excluding hydrogens is 350 g/mol. The van der Waals surface area contributed by atoms with Crippen LogP contribution in [0.25, 0.3) is 10.9 Å². The second-order valence-corrected chi connectivity index (χ2v) is 6.01. The number of benzene rings is 2. The third kappa shape index (κ3) is 4.35. The van der Waals surface area contributed by atoms with Gasteiger partial charge in [0.25, 0.3) is 11.2 Å². The molecule has 1 atom stereocenters. The van der Waals surface area contributed by atoms with Gasteiger partial charge in [-0.05, 0) is 24.6 Å². The van der Waals surface area contributed by atoms with Crippen LogP contribution in [0.5, 0.6) is 0 Å². The molecule has 0 radical (unpaired) electrons. The van der Waals surface area contributed by atoms with Crippen molar-refractivity contribution in [3.05, 3.63) is 80.4 Å². The fourth-order valence-electron chi connectivity index (χ4n) is 2.69. The van der Waals surface area contributed by atoms with Crippen molar-refractivity contribution < 1.29 is 14.5 Å². The number of non-ortho nitro benzene ring substituents is 1. The van der Waals surface area contributed by atoms with E-state index < -0.39 is 17.0 Å². The smallest absolute Gasteiger partial charge is 0.306 e. The van der Waals surface area contributed by atoms with E-state index in [0.717, 1.165) is 0 Å². The fraction of sp³-hybridized carbons (Fsp3) is 0.211. The molecule has 3 aromatic rings. The van der Waals surface area contributed by atoms with E-state index in [-0.39, 0.29) is 24.1 Å². The van der Waals surface area contributed by atoms with Crippen LogP contribution in [-0.4, -0.2) is 20.9 Å². The Kier molecular flexibility index (Phi) is 5.25. The van der Waals surface area contributed by atoms with Crippen molar-refractivity contribution >= 4 is 22.6 Å². The maximum atomic E-state index is 12.1. The van der Waals surface area contributed by atoms with Crippen LogP contribution in [-0.2, 0) is 16.0 Å². The van der Waals surface area contributed by atoms with Crippen molar-refractivity contribution in [1.82, 2.24) is 9.97 Å². The van der Waals surface area contributed by atoms with E-state index in [2.05, 4.69) is 9.97 Å². The van der Waals surface area contributed by atoms with Gasteiger partial charge in [0.2, 0.25) is 0 Å². The summed E-state index contributed by atoms with van der Waals surface area (Å²) in [5.74, 6) is -0.0801. The second kappa shape index (κ2) is 7.77. The van der Waals surface area contributed by atoms with Gasteiger partial charge in [-0.2, -0.15) is 0 Å². The van der Waals surface area contributed by atoms with Crippen LogP contribution < -0.4 is 5.56 Å². The Morgan fingerprint density at radius 3 is 2.81 bits per heavy atom. The quantitative estimate of drug-likeness (QED) is 0.407. The number of hydrogen-bond donors (Lipinski definition) is 1. The lowest BCUT2D eigenvalue weighted by Gasteiger charge is -2.13. The van der Waals surface area contributed by atoms with E-state index in [0.29, 0.717) is 22.3 Å². The van der Waals surface area contributed by atoms with Crippen molar-refractivity contribution in [3.63, 3.8) is 0 Å². The largest absolute Gasteiger partial charge is 0.458 e. The highest BCUT2D eigenvalue weighted by Gasteiger charge is 2.15. The molecule has 8 heteroatoms. The molecule has 2 aromatic carbocycles. The maximum absolute atomic E-state index is 12.1. The summed E-state index contributed by atoms with van der Waals surface area (Å²) < 4.78 is 5.33. The van der Waals surface area contributed by atoms with Crippen molar-refractivity contribution in [2.45, 2.75) is 25.9 Å². The molecule has 0 saturated heterocycles. The molecule has 0 aliphatic rings. The fourth-order valence-corrected chi connectivity index (χ4v) is 2.69. The average molecular weight is 367 g/mol. The topological polar surface area (TPSA) is 115 Å². The first-order chi connectivity index (χ1) is 12.9. The number of nitrogens with zero attached hydrogens (tertiary/aromatic N) is 2. The zero-order valence-electron chi connectivity index (χ0n) is 14.5. The first kappa shape index (κ1) is 18.2. The highest BCUT2D eigenvalue weighted by atomic mass is 16.6. The molecule has 0 spiro atoms. The molecule has 0 bridgehead atoms. The van der Waals surface area contributed by atoms with Crippen molar-refractivity contribution in [2.24, 2.45) is 0 Å². The Labute approximate surface area is 154 Å². The first-order valence-corrected chi connectivity index (χ1v) is 8.36. The van der Waals surface area contributed by atoms with E-state index >= 15 is 0 Å². The number of hydrogen-bond acceptors (Lipinski definition) is 6. The minimum Gasteiger partial charge on any atom is -0.458 e. The number of aryl methyl sites for hydroxylation is 1. The normalized spacial score (nSPS) is 11.9. The number of rotatable bonds is 6. The predicted octanol–water partition coefficient (Wildman–Crippen LogP) is 3.07. The molecule has 0 unspecified atom stereocenters. The van der Waals surface area contributed by atoms with E-state index in [9.17, 15) is 19.7 Å². The van der Waals surface area contributed by atoms with Gasteiger partial charge in [-0.3, -0.25) is 19.7 Å². The van der Waals surface area contributed by atoms with Crippen LogP contribution >= 0.6 is 0 Å². The molecule has 138 valence electrons. The number of esters is 1. The lowest BCUT2D eigenvalue weighted by atomic mass is 10.1. The first-order valence-electron chi connectivity index (χ1n) is 8.36. The summed E-state index contributed by atoms with van der Waals surface area (Å²) in [4.78, 5) is 41.5. The molecule has 1 heterocycles. The van der Waals surface area contributed by atoms with Crippen LogP contribution in [0.2, 0.25) is 0 Å². The molecule has 0 amide bonds. The number of aromatic amines is 1. The number of nitro benzene ring substituents is 1. The molecule has 0 aliphatic heterocycles. The molecule has 8 nitrogen and oxygen atoms in total. The third-order valence-electron chi connectivity index (χ3n) is 4.09. The Bertz CT molecular complexity index is 1060. The second-order valence-electron chi connectivity index (χ2n) is 6.01. The molecule has 1 aromatic heterocycles. The van der Waals surface area contributed by atoms with Crippen LogP contribution in [0.15, 0.2) is 53.3 Å². The van der Waals surface area contributed by atoms with E-state index in [1.165, 1.54) is 12.1 Å². The molecule has 0 aliphatic carbocycles. The molecule has 0 fully saturated rings. The molecule has 27 heavy (non-hydrogen) atoms. The summed E-state index contributed by atoms with van der Waals surface area (Å²) in [6, 6.07) is 12.9. The number of nitrogens with one attached hydrogen (secondary N) is 1. The van der Waals surface area contributed by atoms with Gasteiger partial charge in [-0.15, -0.1) is 0 Å². The number of H-pyrrole nitrogens is 1. The van der Waals surface area contributed by atoms with E-state index in [1.54, 1.807) is 43.3 Å². The van der Waals surface area contributed by atoms with Gasteiger partial charge >= 0.3 is 5.97 Å². The number of para-hydroxylation sites is 1. The molecule has 0 saturated carbocycles. The van der Waals surface area contributed by atoms with Crippen LogP contribution in [0.3, 0.4) is 0 Å². The minimum absolute atomic E-state index is 0.0283. The third-order valence-corrected chi connectivity index (χ3v) is 4.09. The number of aromatic nitrogens is 2. The zero-order valence-corrected chi connectivity index (χ0v) is 14.5. The van der Waals surface area contributed by atoms with Crippen LogP contribution in [0, 0.1) is 10.1 Å². The molecule has 3 rings (SSSR count). The highest BCUT2D eigenvalue weighted by Crippen LogP contribution is 2.22. The monoisotopic (exact) mass is 367 g/mol. The average Bonchev–Trinajstić information content (AvgIpc) is 2.66. The van der Waals surface area contributed by atoms with Gasteiger partial charge in [0.15, 0.2) is 0 Å². The van der Waals surface area contributed by atoms with Gasteiger partial charge in [-0.1, -0.05) is 24.3 Å². The number of ether oxygens (including phenoxy) is 1. The zero-order chi connectivity index (χ0) is 19.4. The van der Waals surface area contributed by atoms with Crippen molar-refractivity contribution in [1.29, 1.82) is 0 Å². The summed E-state index contributed by atoms with van der Waals surface area (Å²) in [7, 11) is 0. The summed E-state index contributed by atoms with van der Waals surface area (Å²) in [5.41, 5.74) is 0.784. The lowest BCUT2D eigenvalue weighted by molar-refractivity contribution is -0.385. The Hall–Kier alpha value is -3.55. The lowest BCUT2D eigenvalue weighted by Crippen LogP contribution is -2.14. The van der Waals surface area contributed by atoms with E-state index in [1.807, 2.05) is 0 Å². The van der Waals surface area contributed by atoms with Gasteiger partial charge in [0.1, 0.15) is 11.9 Å². The minimum atomic E-state index is -0.624. The summed E-state index contributed by atoms with van der Waals surface area (Å²) >= 11 is 0. The van der Waals surface area contributed by atoms with Crippen molar-refractivity contribution in [3.8, 4) is 0 Å². The number of carbonyl (C=O) groups excluding carboxylic acids is 1. The van der Waals surface area contributed by atoms with Crippen LogP contribution in [0.1, 0.15) is 30.8 Å². The SMILES string of the molecule is C[C@H](OC(=O)CCc1nc2ccccc2c(=O)[nH]1)c1cccc([N+](=O)[O-])c1. The highest BCUT2D eigenvalue weighted by molar-refractivity contribution is 5.77. The van der Waals surface area contributed by atoms with Gasteiger partial charge in [0.05, 0.1) is 22.2 Å². The van der Waals surface area contributed by atoms with Crippen molar-refractivity contribution in [2.75, 3.05) is 0 Å². The summed E-state index contributed by atoms with van der Waals surface area (Å²) in [6.07, 6.45) is -0.373. The summed E-state index contributed by atoms with van der Waals surface area (Å²) in [6.45, 7) is 1.65. The Morgan fingerprint density at radius 1 is 1.26 bits per heavy atom. The Balaban J connectivity index is 1.63. The maximum Gasteiger partial charge on any atom is 0.306 e. The predicted molar refractivity (Wildman–Crippen MR) is 98.3 cm³/mol. The molecule has 1 N–H and O–H groups in total. The van der Waals surface area contributed by atoms with Crippen LogP contribution in [0.4, 0.5) is 5.69 Å². The van der Waals surface area contributed by atoms with E-state index in [4.69, 9.17) is 4.74 Å². The van der Waals surface area contributed by atoms with Gasteiger partial charge < -0.3 is 9.72 Å². The Morgan fingerprint density at radius 2 is 2.04 bits per heavy atom. The number of carbonyl (C=O) groups is 1. The number of nitro groups is 1. The molecular formula is C19H17N3O5. The number of fused-ring (bicyclic) bond motifs is 1. The van der Waals surface area contributed by atoms with Gasteiger partial charge in [-0.25, -0.2) is 4.98 Å². The summed E-state index contributed by atoms with van der Waals surface area (Å²) in [5, 5.41) is 11.3. The standard InChI is InChI=1S/C19H17N3O5/c1-12(13-5-4-6-14(11-13)22(25)26)27-18(23)10-9-17-20-16-8-3-2-7-15(16)19(24)21-17/h2-8,11-12H,9-10H2,1H3,(H,20,21,24)/t12-/m0/s1.